The van der Waals surface area contributed by atoms with E-state index in [2.05, 4.69) is 213 Å². The molecule has 0 spiro atoms. The summed E-state index contributed by atoms with van der Waals surface area (Å²) in [5.74, 6) is 1.24. The van der Waals surface area contributed by atoms with E-state index < -0.39 is 11.7 Å². The van der Waals surface area contributed by atoms with Crippen LogP contribution in [0.2, 0.25) is 0 Å². The number of para-hydroxylation sites is 1. The largest absolute Gasteiger partial charge is 0.418 e. The topological polar surface area (TPSA) is 4.93 Å². The highest BCUT2D eigenvalue weighted by Gasteiger charge is 2.34. The van der Waals surface area contributed by atoms with Crippen molar-refractivity contribution in [3.63, 3.8) is 0 Å². The van der Waals surface area contributed by atoms with Gasteiger partial charge in [0.2, 0.25) is 0 Å². The Morgan fingerprint density at radius 3 is 0.930 bits per heavy atom. The van der Waals surface area contributed by atoms with E-state index in [-0.39, 0.29) is 5.69 Å². The quantitative estimate of drug-likeness (QED) is 0.122. The monoisotopic (exact) mass is 935 g/mol. The summed E-state index contributed by atoms with van der Waals surface area (Å²) in [6.07, 6.45) is -4.57. The van der Waals surface area contributed by atoms with Crippen LogP contribution in [-0.4, -0.2) is 4.57 Å². The van der Waals surface area contributed by atoms with E-state index in [9.17, 15) is 0 Å². The van der Waals surface area contributed by atoms with Gasteiger partial charge in [-0.1, -0.05) is 177 Å². The van der Waals surface area contributed by atoms with Gasteiger partial charge in [-0.25, -0.2) is 0 Å². The van der Waals surface area contributed by atoms with Crippen LogP contribution >= 0.6 is 0 Å². The van der Waals surface area contributed by atoms with Gasteiger partial charge in [0.05, 0.1) is 22.3 Å². The Kier molecular flexibility index (Phi) is 12.7. The molecular weight excluding hydrogens is 876 g/mol. The molecule has 1 heterocycles. The molecule has 0 aliphatic rings. The molecule has 71 heavy (non-hydrogen) atoms. The number of rotatable bonds is 11. The highest BCUT2D eigenvalue weighted by molar-refractivity contribution is 6.12. The van der Waals surface area contributed by atoms with Gasteiger partial charge in [-0.3, -0.25) is 0 Å². The van der Waals surface area contributed by atoms with E-state index in [1.54, 1.807) is 16.7 Å². The number of fused-ring (bicyclic) bond motifs is 3. The molecule has 0 amide bonds. The standard InChI is InChI=1S/C67H60F3N/c1-41(2)53-19-9-13-23-57(53)49-33-47(34-50(37-49)58-24-14-10-20-54(58)42(3)4)45-29-31-64-61(39-45)62-40-46(30-32-65(62)71(64)66-28-18-17-27-63(66)67(68,69)70)48-35-51(59-25-15-11-21-55(59)43(5)6)38-52(36-48)60-26-16-12-22-56(60)44(7)8/h9-44H,1-8H3. The summed E-state index contributed by atoms with van der Waals surface area (Å²) in [6, 6.07) is 66.9. The van der Waals surface area contributed by atoms with Gasteiger partial charge in [0.15, 0.2) is 0 Å². The lowest BCUT2D eigenvalue weighted by Crippen LogP contribution is -2.10. The molecule has 0 saturated carbocycles. The Labute approximate surface area is 417 Å². The zero-order chi connectivity index (χ0) is 49.7. The molecule has 0 unspecified atom stereocenters. The van der Waals surface area contributed by atoms with Gasteiger partial charge < -0.3 is 4.57 Å². The molecule has 9 aromatic carbocycles. The maximum Gasteiger partial charge on any atom is 0.418 e. The van der Waals surface area contributed by atoms with Crippen molar-refractivity contribution in [2.24, 2.45) is 0 Å². The number of halogens is 3. The molecule has 0 fully saturated rings. The van der Waals surface area contributed by atoms with Crippen LogP contribution in [0.4, 0.5) is 13.2 Å². The van der Waals surface area contributed by atoms with Crippen LogP contribution in [0.15, 0.2) is 194 Å². The fraction of sp³-hybridized carbons (Fsp3) is 0.194. The van der Waals surface area contributed by atoms with Gasteiger partial charge in [-0.05, 0) is 185 Å². The van der Waals surface area contributed by atoms with Crippen molar-refractivity contribution in [3.8, 4) is 72.4 Å². The highest BCUT2D eigenvalue weighted by Crippen LogP contribution is 2.45. The highest BCUT2D eigenvalue weighted by atomic mass is 19.4. The van der Waals surface area contributed by atoms with Crippen LogP contribution < -0.4 is 0 Å². The van der Waals surface area contributed by atoms with E-state index in [1.165, 1.54) is 56.6 Å². The molecule has 1 nitrogen and oxygen atoms in total. The number of aromatic nitrogens is 1. The van der Waals surface area contributed by atoms with Crippen molar-refractivity contribution in [1.82, 2.24) is 4.57 Å². The van der Waals surface area contributed by atoms with Crippen LogP contribution in [0.25, 0.3) is 94.3 Å². The molecule has 0 saturated heterocycles. The first-order valence-corrected chi connectivity index (χ1v) is 25.1. The Morgan fingerprint density at radius 2 is 0.606 bits per heavy atom. The van der Waals surface area contributed by atoms with Crippen molar-refractivity contribution in [2.75, 3.05) is 0 Å². The van der Waals surface area contributed by atoms with Gasteiger partial charge in [0, 0.05) is 10.8 Å². The van der Waals surface area contributed by atoms with Gasteiger partial charge in [0.25, 0.3) is 0 Å². The second-order valence-electron chi connectivity index (χ2n) is 20.4. The van der Waals surface area contributed by atoms with Crippen LogP contribution in [0.3, 0.4) is 0 Å². The minimum atomic E-state index is -4.57. The average molecular weight is 936 g/mol. The Hall–Kier alpha value is -7.43. The normalized spacial score (nSPS) is 12.1. The second-order valence-corrected chi connectivity index (χ2v) is 20.4. The van der Waals surface area contributed by atoms with Crippen LogP contribution in [0.5, 0.6) is 0 Å². The van der Waals surface area contributed by atoms with Crippen LogP contribution in [0, 0.1) is 0 Å². The van der Waals surface area contributed by atoms with Crippen molar-refractivity contribution in [2.45, 2.75) is 85.2 Å². The first kappa shape index (κ1) is 47.3. The Morgan fingerprint density at radius 1 is 0.310 bits per heavy atom. The van der Waals surface area contributed by atoms with E-state index in [0.717, 1.165) is 55.3 Å². The first-order chi connectivity index (χ1) is 34.2. The Balaban J connectivity index is 1.25. The smallest absolute Gasteiger partial charge is 0.309 e. The predicted molar refractivity (Wildman–Crippen MR) is 295 cm³/mol. The number of nitrogens with zero attached hydrogens (tertiary/aromatic N) is 1. The molecule has 0 bridgehead atoms. The van der Waals surface area contributed by atoms with E-state index in [0.29, 0.717) is 34.7 Å². The summed E-state index contributed by atoms with van der Waals surface area (Å²) in [5.41, 5.74) is 19.2. The molecular formula is C67H60F3N. The van der Waals surface area contributed by atoms with Gasteiger partial charge in [-0.15, -0.1) is 0 Å². The molecule has 10 rings (SSSR count). The summed E-state index contributed by atoms with van der Waals surface area (Å²) < 4.78 is 46.9. The minimum absolute atomic E-state index is 0.0974. The lowest BCUT2D eigenvalue weighted by molar-refractivity contribution is -0.137. The molecule has 0 radical (unpaired) electrons. The van der Waals surface area contributed by atoms with Crippen molar-refractivity contribution >= 4 is 21.8 Å². The Bertz CT molecular complexity index is 3250. The molecule has 1 aromatic heterocycles. The maximum atomic E-state index is 15.0. The number of alkyl halides is 3. The third-order valence-corrected chi connectivity index (χ3v) is 14.3. The van der Waals surface area contributed by atoms with Gasteiger partial charge in [-0.2, -0.15) is 13.2 Å². The molecule has 354 valence electrons. The fourth-order valence-corrected chi connectivity index (χ4v) is 10.8. The summed E-state index contributed by atoms with van der Waals surface area (Å²) >= 11 is 0. The van der Waals surface area contributed by atoms with Gasteiger partial charge in [0.1, 0.15) is 0 Å². The first-order valence-electron chi connectivity index (χ1n) is 25.1. The SMILES string of the molecule is CC(C)c1ccccc1-c1cc(-c2ccc3c(c2)c2cc(-c4cc(-c5ccccc5C(C)C)cc(-c5ccccc5C(C)C)c4)ccc2n3-c2ccccc2C(F)(F)F)cc(-c2ccccc2C(C)C)c1. The van der Waals surface area contributed by atoms with Crippen molar-refractivity contribution < 1.29 is 13.2 Å². The molecule has 0 aliphatic heterocycles. The van der Waals surface area contributed by atoms with E-state index in [1.807, 2.05) is 12.1 Å². The third-order valence-electron chi connectivity index (χ3n) is 14.3. The summed E-state index contributed by atoms with van der Waals surface area (Å²) in [4.78, 5) is 0. The summed E-state index contributed by atoms with van der Waals surface area (Å²) in [5, 5.41) is 1.75. The molecule has 0 aliphatic carbocycles. The van der Waals surface area contributed by atoms with E-state index in [4.69, 9.17) is 0 Å². The zero-order valence-corrected chi connectivity index (χ0v) is 41.9. The fourth-order valence-electron chi connectivity index (χ4n) is 10.8. The molecule has 0 N–H and O–H groups in total. The summed E-state index contributed by atoms with van der Waals surface area (Å²) in [6.45, 7) is 17.9. The number of benzene rings is 9. The summed E-state index contributed by atoms with van der Waals surface area (Å²) in [7, 11) is 0. The lowest BCUT2D eigenvalue weighted by Gasteiger charge is -2.18. The van der Waals surface area contributed by atoms with E-state index >= 15 is 13.2 Å². The molecule has 0 atom stereocenters. The number of hydrogen-bond acceptors (Lipinski definition) is 0. The minimum Gasteiger partial charge on any atom is -0.309 e. The van der Waals surface area contributed by atoms with Crippen molar-refractivity contribution in [1.29, 1.82) is 0 Å². The maximum absolute atomic E-state index is 15.0. The zero-order valence-electron chi connectivity index (χ0n) is 41.9. The molecule has 10 aromatic rings. The average Bonchev–Trinajstić information content (AvgIpc) is 3.71. The number of hydrogen-bond donors (Lipinski definition) is 0. The second kappa shape index (κ2) is 19.1. The predicted octanol–water partition coefficient (Wildman–Crippen LogP) is 20.3. The lowest BCUT2D eigenvalue weighted by atomic mass is 9.86. The third kappa shape index (κ3) is 9.02. The van der Waals surface area contributed by atoms with Crippen molar-refractivity contribution in [3.05, 3.63) is 222 Å². The van der Waals surface area contributed by atoms with Crippen LogP contribution in [-0.2, 0) is 6.18 Å². The molecule has 4 heteroatoms. The van der Waals surface area contributed by atoms with Gasteiger partial charge >= 0.3 is 6.18 Å². The van der Waals surface area contributed by atoms with Crippen LogP contribution in [0.1, 0.15) is 107 Å².